The van der Waals surface area contributed by atoms with E-state index >= 15 is 0 Å². The van der Waals surface area contributed by atoms with E-state index < -0.39 is 5.92 Å². The number of rotatable bonds is 4. The lowest BCUT2D eigenvalue weighted by Crippen LogP contribution is -2.28. The Kier molecular flexibility index (Phi) is 5.16. The Hall–Kier alpha value is -2.24. The number of nitrogens with zero attached hydrogens (tertiary/aromatic N) is 1. The molecule has 2 aromatic rings. The average Bonchev–Trinajstić information content (AvgIpc) is 2.98. The van der Waals surface area contributed by atoms with Crippen LogP contribution in [-0.2, 0) is 9.59 Å². The minimum Gasteiger partial charge on any atom is -0.495 e. The summed E-state index contributed by atoms with van der Waals surface area (Å²) in [5, 5.41) is 3.90. The van der Waals surface area contributed by atoms with Crippen molar-refractivity contribution in [1.82, 2.24) is 0 Å². The first-order chi connectivity index (χ1) is 12.0. The van der Waals surface area contributed by atoms with E-state index in [-0.39, 0.29) is 24.8 Å². The molecule has 1 aliphatic rings. The van der Waals surface area contributed by atoms with Gasteiger partial charge < -0.3 is 15.0 Å². The quantitative estimate of drug-likeness (QED) is 0.874. The van der Waals surface area contributed by atoms with Gasteiger partial charge in [-0.3, -0.25) is 9.59 Å². The first-order valence-electron chi connectivity index (χ1n) is 7.68. The predicted molar refractivity (Wildman–Crippen MR) is 98.5 cm³/mol. The smallest absolute Gasteiger partial charge is 0.229 e. The van der Waals surface area contributed by atoms with Crippen molar-refractivity contribution in [2.24, 2.45) is 5.92 Å². The molecule has 1 aliphatic heterocycles. The van der Waals surface area contributed by atoms with Crippen LogP contribution in [0.5, 0.6) is 5.75 Å². The molecule has 1 fully saturated rings. The molecule has 0 aromatic heterocycles. The number of hydrogen-bond acceptors (Lipinski definition) is 3. The highest BCUT2D eigenvalue weighted by atomic mass is 35.5. The minimum atomic E-state index is -0.452. The molecule has 0 unspecified atom stereocenters. The monoisotopic (exact) mass is 378 g/mol. The molecule has 1 N–H and O–H groups in total. The lowest BCUT2D eigenvalue weighted by atomic mass is 10.1. The van der Waals surface area contributed by atoms with Crippen LogP contribution in [0.25, 0.3) is 0 Å². The summed E-state index contributed by atoms with van der Waals surface area (Å²) in [4.78, 5) is 26.4. The van der Waals surface area contributed by atoms with Crippen LogP contribution in [0.3, 0.4) is 0 Å². The first-order valence-corrected chi connectivity index (χ1v) is 8.44. The Bertz CT molecular complexity index is 808. The van der Waals surface area contributed by atoms with Crippen LogP contribution in [0.1, 0.15) is 6.42 Å². The summed E-state index contributed by atoms with van der Waals surface area (Å²) in [5.74, 6) is -0.264. The predicted octanol–water partition coefficient (Wildman–Crippen LogP) is 3.99. The van der Waals surface area contributed by atoms with E-state index in [1.165, 1.54) is 12.0 Å². The second-order valence-electron chi connectivity index (χ2n) is 5.72. The van der Waals surface area contributed by atoms with Crippen molar-refractivity contribution < 1.29 is 14.3 Å². The van der Waals surface area contributed by atoms with Gasteiger partial charge in [0.15, 0.2) is 0 Å². The zero-order valence-corrected chi connectivity index (χ0v) is 15.0. The van der Waals surface area contributed by atoms with Crippen LogP contribution >= 0.6 is 23.2 Å². The second kappa shape index (κ2) is 7.33. The number of halogens is 2. The molecule has 0 aliphatic carbocycles. The third-order valence-electron chi connectivity index (χ3n) is 4.04. The molecule has 0 bridgehead atoms. The number of hydrogen-bond donors (Lipinski definition) is 1. The van der Waals surface area contributed by atoms with Gasteiger partial charge >= 0.3 is 0 Å². The lowest BCUT2D eigenvalue weighted by molar-refractivity contribution is -0.122. The summed E-state index contributed by atoms with van der Waals surface area (Å²) in [7, 11) is 1.53. The van der Waals surface area contributed by atoms with Crippen molar-refractivity contribution in [1.29, 1.82) is 0 Å². The van der Waals surface area contributed by atoms with E-state index in [0.29, 0.717) is 27.2 Å². The van der Waals surface area contributed by atoms with Crippen molar-refractivity contribution in [2.45, 2.75) is 6.42 Å². The number of methoxy groups -OCH3 is 1. The standard InChI is InChI=1S/C18H16Cl2N2O3/c1-25-16-7-4-13(20)9-15(16)22-10-11(8-17(22)23)18(24)21-14-5-2-12(19)3-6-14/h2-7,9,11H,8,10H2,1H3,(H,21,24)/t11-/m1/s1. The minimum absolute atomic E-state index is 0.134. The Balaban J connectivity index is 1.75. The topological polar surface area (TPSA) is 58.6 Å². The maximum atomic E-state index is 12.5. The van der Waals surface area contributed by atoms with Gasteiger partial charge in [-0.25, -0.2) is 0 Å². The van der Waals surface area contributed by atoms with Crippen molar-refractivity contribution in [3.8, 4) is 5.75 Å². The highest BCUT2D eigenvalue weighted by Gasteiger charge is 2.36. The van der Waals surface area contributed by atoms with E-state index in [2.05, 4.69) is 5.32 Å². The lowest BCUT2D eigenvalue weighted by Gasteiger charge is -2.19. The molecular formula is C18H16Cl2N2O3. The normalized spacial score (nSPS) is 16.8. The third kappa shape index (κ3) is 3.89. The van der Waals surface area contributed by atoms with Crippen molar-refractivity contribution in [3.05, 3.63) is 52.5 Å². The molecule has 5 nitrogen and oxygen atoms in total. The Morgan fingerprint density at radius 3 is 2.52 bits per heavy atom. The van der Waals surface area contributed by atoms with Crippen LogP contribution in [0.4, 0.5) is 11.4 Å². The van der Waals surface area contributed by atoms with Gasteiger partial charge in [0.25, 0.3) is 0 Å². The number of amides is 2. The summed E-state index contributed by atoms with van der Waals surface area (Å²) in [6.45, 7) is 0.273. The fourth-order valence-corrected chi connectivity index (χ4v) is 3.06. The molecule has 0 saturated carbocycles. The first kappa shape index (κ1) is 17.6. The zero-order chi connectivity index (χ0) is 18.0. The van der Waals surface area contributed by atoms with Gasteiger partial charge in [0.05, 0.1) is 18.7 Å². The molecule has 1 heterocycles. The molecule has 0 radical (unpaired) electrons. The van der Waals surface area contributed by atoms with Crippen molar-refractivity contribution in [3.63, 3.8) is 0 Å². The summed E-state index contributed by atoms with van der Waals surface area (Å²) in [5.41, 5.74) is 1.21. The van der Waals surface area contributed by atoms with E-state index in [1.807, 2.05) is 0 Å². The number of ether oxygens (including phenoxy) is 1. The summed E-state index contributed by atoms with van der Waals surface area (Å²) < 4.78 is 5.30. The maximum absolute atomic E-state index is 12.5. The van der Waals surface area contributed by atoms with Gasteiger partial charge in [0.2, 0.25) is 11.8 Å². The van der Waals surface area contributed by atoms with Crippen LogP contribution in [-0.4, -0.2) is 25.5 Å². The van der Waals surface area contributed by atoms with Gasteiger partial charge in [-0.15, -0.1) is 0 Å². The van der Waals surface area contributed by atoms with Gasteiger partial charge in [0.1, 0.15) is 5.75 Å². The highest BCUT2D eigenvalue weighted by Crippen LogP contribution is 2.35. The fourth-order valence-electron chi connectivity index (χ4n) is 2.77. The Morgan fingerprint density at radius 2 is 1.84 bits per heavy atom. The number of nitrogens with one attached hydrogen (secondary N) is 1. The summed E-state index contributed by atoms with van der Waals surface area (Å²) >= 11 is 11.9. The van der Waals surface area contributed by atoms with E-state index in [4.69, 9.17) is 27.9 Å². The number of benzene rings is 2. The van der Waals surface area contributed by atoms with Crippen molar-refractivity contribution in [2.75, 3.05) is 23.9 Å². The molecule has 7 heteroatoms. The van der Waals surface area contributed by atoms with E-state index in [1.54, 1.807) is 42.5 Å². The molecule has 0 spiro atoms. The zero-order valence-electron chi connectivity index (χ0n) is 13.5. The number of anilines is 2. The van der Waals surface area contributed by atoms with Gasteiger partial charge in [-0.05, 0) is 42.5 Å². The highest BCUT2D eigenvalue weighted by molar-refractivity contribution is 6.31. The van der Waals surface area contributed by atoms with Crippen molar-refractivity contribution >= 4 is 46.4 Å². The molecule has 130 valence electrons. The summed E-state index contributed by atoms with van der Waals surface area (Å²) in [6, 6.07) is 11.9. The average molecular weight is 379 g/mol. The van der Waals surface area contributed by atoms with Crippen LogP contribution < -0.4 is 15.0 Å². The third-order valence-corrected chi connectivity index (χ3v) is 4.53. The molecule has 2 amide bonds. The van der Waals surface area contributed by atoms with Gasteiger partial charge in [-0.1, -0.05) is 23.2 Å². The van der Waals surface area contributed by atoms with E-state index in [0.717, 1.165) is 0 Å². The summed E-state index contributed by atoms with van der Waals surface area (Å²) in [6.07, 6.45) is 0.134. The van der Waals surface area contributed by atoms with Crippen LogP contribution in [0.2, 0.25) is 10.0 Å². The Labute approximate surface area is 155 Å². The molecule has 3 rings (SSSR count). The van der Waals surface area contributed by atoms with Crippen LogP contribution in [0, 0.1) is 5.92 Å². The van der Waals surface area contributed by atoms with E-state index in [9.17, 15) is 9.59 Å². The largest absolute Gasteiger partial charge is 0.495 e. The molecule has 1 atom stereocenters. The number of carbonyl (C=O) groups is 2. The SMILES string of the molecule is COc1ccc(Cl)cc1N1C[C@H](C(=O)Nc2ccc(Cl)cc2)CC1=O. The molecule has 1 saturated heterocycles. The molecular weight excluding hydrogens is 363 g/mol. The maximum Gasteiger partial charge on any atom is 0.229 e. The van der Waals surface area contributed by atoms with Gasteiger partial charge in [0, 0.05) is 28.7 Å². The second-order valence-corrected chi connectivity index (χ2v) is 6.59. The molecule has 25 heavy (non-hydrogen) atoms. The Morgan fingerprint density at radius 1 is 1.16 bits per heavy atom. The fraction of sp³-hybridized carbons (Fsp3) is 0.222. The molecule has 2 aromatic carbocycles. The van der Waals surface area contributed by atoms with Gasteiger partial charge in [-0.2, -0.15) is 0 Å². The number of carbonyl (C=O) groups excluding carboxylic acids is 2. The van der Waals surface area contributed by atoms with Crippen LogP contribution in [0.15, 0.2) is 42.5 Å².